The first-order valence-electron chi connectivity index (χ1n) is 6.71. The second kappa shape index (κ2) is 5.65. The van der Waals surface area contributed by atoms with E-state index in [0.29, 0.717) is 24.2 Å². The molecule has 1 aliphatic rings. The largest absolute Gasteiger partial charge is 0.333 e. The van der Waals surface area contributed by atoms with Gasteiger partial charge in [-0.25, -0.2) is 4.39 Å². The predicted octanol–water partition coefficient (Wildman–Crippen LogP) is 1.73. The highest BCUT2D eigenvalue weighted by molar-refractivity contribution is 5.94. The van der Waals surface area contributed by atoms with Gasteiger partial charge in [-0.1, -0.05) is 0 Å². The summed E-state index contributed by atoms with van der Waals surface area (Å²) >= 11 is 0. The highest BCUT2D eigenvalue weighted by Crippen LogP contribution is 2.25. The average Bonchev–Trinajstić information content (AvgIpc) is 2.71. The van der Waals surface area contributed by atoms with E-state index in [1.54, 1.807) is 0 Å². The molecule has 0 radical (unpaired) electrons. The molecule has 0 aliphatic carbocycles. The Hall–Kier alpha value is -1.49. The van der Waals surface area contributed by atoms with Gasteiger partial charge in [0.2, 0.25) is 0 Å². The topological polar surface area (TPSA) is 59.2 Å². The van der Waals surface area contributed by atoms with E-state index in [4.69, 9.17) is 5.73 Å². The fourth-order valence-corrected chi connectivity index (χ4v) is 2.65. The van der Waals surface area contributed by atoms with Gasteiger partial charge in [0.05, 0.1) is 11.3 Å². The number of carbonyl (C=O) groups excluding carboxylic acids is 1. The summed E-state index contributed by atoms with van der Waals surface area (Å²) in [5.74, 6) is -0.584. The minimum Gasteiger partial charge on any atom is -0.333 e. The Morgan fingerprint density at radius 3 is 2.63 bits per heavy atom. The molecule has 1 aliphatic heterocycles. The standard InChI is InChI=1S/C14H20FN3O/c1-9-3-4-10(2)18(9)14(19)11-7-12(15)13(5-6-16)17-8-11/h7-10H,3-6,16H2,1-2H3/t9-,10+. The molecule has 2 atom stereocenters. The van der Waals surface area contributed by atoms with E-state index >= 15 is 0 Å². The summed E-state index contributed by atoms with van der Waals surface area (Å²) in [6, 6.07) is 1.68. The van der Waals surface area contributed by atoms with Crippen molar-refractivity contribution in [1.82, 2.24) is 9.88 Å². The van der Waals surface area contributed by atoms with Crippen molar-refractivity contribution >= 4 is 5.91 Å². The van der Waals surface area contributed by atoms with Gasteiger partial charge in [0.25, 0.3) is 5.91 Å². The van der Waals surface area contributed by atoms with Crippen LogP contribution in [0.3, 0.4) is 0 Å². The van der Waals surface area contributed by atoms with Crippen molar-refractivity contribution in [2.24, 2.45) is 5.73 Å². The first-order chi connectivity index (χ1) is 9.04. The zero-order valence-corrected chi connectivity index (χ0v) is 11.4. The minimum absolute atomic E-state index is 0.136. The Balaban J connectivity index is 2.22. The average molecular weight is 265 g/mol. The van der Waals surface area contributed by atoms with Gasteiger partial charge in [-0.15, -0.1) is 0 Å². The summed E-state index contributed by atoms with van der Waals surface area (Å²) in [5, 5.41) is 0. The summed E-state index contributed by atoms with van der Waals surface area (Å²) in [6.07, 6.45) is 3.83. The summed E-state index contributed by atoms with van der Waals surface area (Å²) in [7, 11) is 0. The molecule has 2 N–H and O–H groups in total. The van der Waals surface area contributed by atoms with E-state index < -0.39 is 5.82 Å². The number of rotatable bonds is 3. The Kier molecular flexibility index (Phi) is 4.14. The maximum Gasteiger partial charge on any atom is 0.256 e. The Morgan fingerprint density at radius 2 is 2.11 bits per heavy atom. The lowest BCUT2D eigenvalue weighted by molar-refractivity contribution is 0.0692. The van der Waals surface area contributed by atoms with Gasteiger partial charge in [0, 0.05) is 24.7 Å². The summed E-state index contributed by atoms with van der Waals surface area (Å²) in [4.78, 5) is 18.2. The van der Waals surface area contributed by atoms with Crippen LogP contribution in [-0.2, 0) is 6.42 Å². The number of carbonyl (C=O) groups is 1. The predicted molar refractivity (Wildman–Crippen MR) is 71.3 cm³/mol. The van der Waals surface area contributed by atoms with Crippen molar-refractivity contribution in [3.05, 3.63) is 29.3 Å². The van der Waals surface area contributed by atoms with Crippen LogP contribution < -0.4 is 5.73 Å². The quantitative estimate of drug-likeness (QED) is 0.905. The van der Waals surface area contributed by atoms with E-state index in [1.165, 1.54) is 12.3 Å². The summed E-state index contributed by atoms with van der Waals surface area (Å²) in [5.41, 5.74) is 6.02. The second-order valence-electron chi connectivity index (χ2n) is 5.18. The van der Waals surface area contributed by atoms with Gasteiger partial charge < -0.3 is 10.6 Å². The molecule has 0 saturated carbocycles. The molecule has 104 valence electrons. The lowest BCUT2D eigenvalue weighted by Crippen LogP contribution is -2.38. The van der Waals surface area contributed by atoms with Crippen molar-refractivity contribution in [3.63, 3.8) is 0 Å². The number of halogens is 1. The van der Waals surface area contributed by atoms with E-state index in [1.807, 2.05) is 18.7 Å². The Morgan fingerprint density at radius 1 is 1.47 bits per heavy atom. The van der Waals surface area contributed by atoms with E-state index in [0.717, 1.165) is 12.8 Å². The number of pyridine rings is 1. The first kappa shape index (κ1) is 13.9. The Labute approximate surface area is 112 Å². The van der Waals surface area contributed by atoms with E-state index in [9.17, 15) is 9.18 Å². The summed E-state index contributed by atoms with van der Waals surface area (Å²) < 4.78 is 13.8. The molecule has 5 heteroatoms. The molecule has 4 nitrogen and oxygen atoms in total. The lowest BCUT2D eigenvalue weighted by Gasteiger charge is -2.26. The SMILES string of the molecule is C[C@@H]1CC[C@H](C)N1C(=O)c1cnc(CCN)c(F)c1. The maximum atomic E-state index is 13.8. The number of nitrogens with two attached hydrogens (primary N) is 1. The van der Waals surface area contributed by atoms with Gasteiger partial charge in [0.15, 0.2) is 0 Å². The van der Waals surface area contributed by atoms with Crippen molar-refractivity contribution in [1.29, 1.82) is 0 Å². The van der Waals surface area contributed by atoms with Crippen LogP contribution in [0.15, 0.2) is 12.3 Å². The zero-order chi connectivity index (χ0) is 14.0. The van der Waals surface area contributed by atoms with Crippen LogP contribution in [-0.4, -0.2) is 34.4 Å². The van der Waals surface area contributed by atoms with Crippen LogP contribution in [0.4, 0.5) is 4.39 Å². The molecule has 1 aromatic rings. The number of amides is 1. The van der Waals surface area contributed by atoms with Crippen molar-refractivity contribution in [2.45, 2.75) is 45.2 Å². The monoisotopic (exact) mass is 265 g/mol. The van der Waals surface area contributed by atoms with Crippen molar-refractivity contribution in [2.75, 3.05) is 6.54 Å². The lowest BCUT2D eigenvalue weighted by atomic mass is 10.1. The fraction of sp³-hybridized carbons (Fsp3) is 0.571. The van der Waals surface area contributed by atoms with Gasteiger partial charge in [-0.3, -0.25) is 9.78 Å². The van der Waals surface area contributed by atoms with Gasteiger partial charge in [-0.05, 0) is 39.3 Å². The van der Waals surface area contributed by atoms with Crippen LogP contribution >= 0.6 is 0 Å². The highest BCUT2D eigenvalue weighted by Gasteiger charge is 2.32. The van der Waals surface area contributed by atoms with E-state index in [-0.39, 0.29) is 18.0 Å². The van der Waals surface area contributed by atoms with Crippen LogP contribution in [0.1, 0.15) is 42.7 Å². The smallest absolute Gasteiger partial charge is 0.256 e. The summed E-state index contributed by atoms with van der Waals surface area (Å²) in [6.45, 7) is 4.39. The zero-order valence-electron chi connectivity index (χ0n) is 11.4. The number of nitrogens with zero attached hydrogens (tertiary/aromatic N) is 2. The molecule has 0 spiro atoms. The van der Waals surface area contributed by atoms with Crippen molar-refractivity contribution < 1.29 is 9.18 Å². The Bertz CT molecular complexity index is 468. The van der Waals surface area contributed by atoms with Crippen LogP contribution in [0.2, 0.25) is 0 Å². The number of likely N-dealkylation sites (tertiary alicyclic amines) is 1. The van der Waals surface area contributed by atoms with Crippen LogP contribution in [0.25, 0.3) is 0 Å². The highest BCUT2D eigenvalue weighted by atomic mass is 19.1. The molecule has 2 heterocycles. The molecule has 2 rings (SSSR count). The molecule has 1 saturated heterocycles. The van der Waals surface area contributed by atoms with E-state index in [2.05, 4.69) is 4.98 Å². The number of hydrogen-bond acceptors (Lipinski definition) is 3. The molecule has 1 fully saturated rings. The fourth-order valence-electron chi connectivity index (χ4n) is 2.65. The van der Waals surface area contributed by atoms with Gasteiger partial charge in [0.1, 0.15) is 5.82 Å². The maximum absolute atomic E-state index is 13.8. The van der Waals surface area contributed by atoms with Gasteiger partial charge >= 0.3 is 0 Å². The third kappa shape index (κ3) is 2.76. The third-order valence-corrected chi connectivity index (χ3v) is 3.73. The minimum atomic E-state index is -0.448. The molecule has 0 unspecified atom stereocenters. The first-order valence-corrected chi connectivity index (χ1v) is 6.71. The van der Waals surface area contributed by atoms with Gasteiger partial charge in [-0.2, -0.15) is 0 Å². The third-order valence-electron chi connectivity index (χ3n) is 3.73. The molecular formula is C14H20FN3O. The van der Waals surface area contributed by atoms with Crippen LogP contribution in [0, 0.1) is 5.82 Å². The van der Waals surface area contributed by atoms with Crippen molar-refractivity contribution in [3.8, 4) is 0 Å². The molecule has 19 heavy (non-hydrogen) atoms. The molecule has 1 aromatic heterocycles. The molecular weight excluding hydrogens is 245 g/mol. The second-order valence-corrected chi connectivity index (χ2v) is 5.18. The number of hydrogen-bond donors (Lipinski definition) is 1. The number of aromatic nitrogens is 1. The molecule has 0 aromatic carbocycles. The molecule has 0 bridgehead atoms. The van der Waals surface area contributed by atoms with Crippen LogP contribution in [0.5, 0.6) is 0 Å². The normalized spacial score (nSPS) is 22.8. The molecule has 1 amide bonds.